The summed E-state index contributed by atoms with van der Waals surface area (Å²) in [6.07, 6.45) is 0. The molecule has 4 nitrogen and oxygen atoms in total. The second-order valence-corrected chi connectivity index (χ2v) is 6.83. The molecule has 3 aromatic carbocycles. The Morgan fingerprint density at radius 1 is 0.931 bits per heavy atom. The Morgan fingerprint density at radius 3 is 2.31 bits per heavy atom. The van der Waals surface area contributed by atoms with E-state index in [1.54, 1.807) is 7.11 Å². The molecular formula is C25H22N2O2. The Balaban J connectivity index is 1.74. The number of benzene rings is 3. The van der Waals surface area contributed by atoms with E-state index >= 15 is 0 Å². The van der Waals surface area contributed by atoms with Crippen molar-refractivity contribution in [2.75, 3.05) is 13.7 Å². The van der Waals surface area contributed by atoms with Gasteiger partial charge >= 0.3 is 0 Å². The van der Waals surface area contributed by atoms with Crippen molar-refractivity contribution >= 4 is 16.8 Å². The maximum atomic E-state index is 13.3. The number of amides is 1. The second-order valence-electron chi connectivity index (χ2n) is 6.83. The number of nitrogens with one attached hydrogen (secondary N) is 1. The van der Waals surface area contributed by atoms with Gasteiger partial charge in [-0.3, -0.25) is 4.79 Å². The van der Waals surface area contributed by atoms with Gasteiger partial charge in [0.25, 0.3) is 5.91 Å². The normalized spacial score (nSPS) is 11.9. The Labute approximate surface area is 170 Å². The lowest BCUT2D eigenvalue weighted by molar-refractivity contribution is 0.0898. The highest BCUT2D eigenvalue weighted by Crippen LogP contribution is 2.25. The van der Waals surface area contributed by atoms with Crippen molar-refractivity contribution in [2.45, 2.75) is 6.04 Å². The van der Waals surface area contributed by atoms with E-state index in [0.717, 1.165) is 27.7 Å². The van der Waals surface area contributed by atoms with E-state index < -0.39 is 0 Å². The fraction of sp³-hybridized carbons (Fsp3) is 0.120. The number of nitrogens with zero attached hydrogens (tertiary/aromatic N) is 1. The number of hydrogen-bond acceptors (Lipinski definition) is 3. The number of aromatic nitrogens is 1. The van der Waals surface area contributed by atoms with E-state index in [2.05, 4.69) is 5.32 Å². The Bertz CT molecular complexity index is 1110. The van der Waals surface area contributed by atoms with Crippen LogP contribution in [0, 0.1) is 0 Å². The van der Waals surface area contributed by atoms with Gasteiger partial charge in [0.05, 0.1) is 29.4 Å². The van der Waals surface area contributed by atoms with Crippen LogP contribution < -0.4 is 5.32 Å². The molecule has 1 heterocycles. The predicted octanol–water partition coefficient (Wildman–Crippen LogP) is 5.02. The van der Waals surface area contributed by atoms with Crippen LogP contribution in [0.25, 0.3) is 22.2 Å². The van der Waals surface area contributed by atoms with Gasteiger partial charge in [-0.05, 0) is 17.7 Å². The molecule has 0 aliphatic carbocycles. The van der Waals surface area contributed by atoms with Gasteiger partial charge < -0.3 is 10.1 Å². The Kier molecular flexibility index (Phi) is 5.63. The number of pyridine rings is 1. The molecule has 0 saturated carbocycles. The second kappa shape index (κ2) is 8.67. The van der Waals surface area contributed by atoms with E-state index in [4.69, 9.17) is 9.72 Å². The molecule has 1 amide bonds. The summed E-state index contributed by atoms with van der Waals surface area (Å²) in [5.74, 6) is -0.147. The summed E-state index contributed by atoms with van der Waals surface area (Å²) in [5.41, 5.74) is 4.15. The number of carbonyl (C=O) groups is 1. The molecule has 1 N–H and O–H groups in total. The largest absolute Gasteiger partial charge is 0.382 e. The zero-order valence-corrected chi connectivity index (χ0v) is 16.2. The zero-order valence-electron chi connectivity index (χ0n) is 16.2. The average Bonchev–Trinajstić information content (AvgIpc) is 2.79. The average molecular weight is 382 g/mol. The molecule has 0 bridgehead atoms. The summed E-state index contributed by atoms with van der Waals surface area (Å²) in [4.78, 5) is 18.1. The number of carbonyl (C=O) groups excluding carboxylic acids is 1. The summed E-state index contributed by atoms with van der Waals surface area (Å²) in [7, 11) is 1.64. The molecule has 0 aliphatic heterocycles. The number of methoxy groups -OCH3 is 1. The maximum Gasteiger partial charge on any atom is 0.252 e. The first-order valence-electron chi connectivity index (χ1n) is 9.56. The first-order valence-corrected chi connectivity index (χ1v) is 9.56. The summed E-state index contributed by atoms with van der Waals surface area (Å²) in [6, 6.07) is 29.1. The molecule has 0 unspecified atom stereocenters. The van der Waals surface area contributed by atoms with Crippen molar-refractivity contribution in [1.29, 1.82) is 0 Å². The molecule has 29 heavy (non-hydrogen) atoms. The van der Waals surface area contributed by atoms with E-state index in [-0.39, 0.29) is 11.9 Å². The van der Waals surface area contributed by atoms with Gasteiger partial charge in [-0.25, -0.2) is 4.98 Å². The smallest absolute Gasteiger partial charge is 0.252 e. The molecule has 0 radical (unpaired) electrons. The fourth-order valence-corrected chi connectivity index (χ4v) is 3.43. The van der Waals surface area contributed by atoms with Crippen LogP contribution in [0.4, 0.5) is 0 Å². The highest BCUT2D eigenvalue weighted by molar-refractivity contribution is 6.07. The maximum absolute atomic E-state index is 13.3. The van der Waals surface area contributed by atoms with Crippen molar-refractivity contribution in [3.8, 4) is 11.3 Å². The predicted molar refractivity (Wildman–Crippen MR) is 116 cm³/mol. The summed E-state index contributed by atoms with van der Waals surface area (Å²) in [6.45, 7) is 0.393. The highest BCUT2D eigenvalue weighted by atomic mass is 16.5. The third-order valence-corrected chi connectivity index (χ3v) is 4.87. The Hall–Kier alpha value is -3.50. The summed E-state index contributed by atoms with van der Waals surface area (Å²) >= 11 is 0. The minimum atomic E-state index is -0.235. The molecule has 144 valence electrons. The van der Waals surface area contributed by atoms with Gasteiger partial charge in [-0.2, -0.15) is 0 Å². The molecule has 1 atom stereocenters. The first kappa shape index (κ1) is 18.8. The van der Waals surface area contributed by atoms with Crippen LogP contribution in [0.1, 0.15) is 22.0 Å². The minimum absolute atomic E-state index is 0.147. The van der Waals surface area contributed by atoms with E-state index in [0.29, 0.717) is 12.2 Å². The van der Waals surface area contributed by atoms with Gasteiger partial charge in [0, 0.05) is 18.1 Å². The van der Waals surface area contributed by atoms with Gasteiger partial charge in [0.2, 0.25) is 0 Å². The third kappa shape index (κ3) is 4.18. The highest BCUT2D eigenvalue weighted by Gasteiger charge is 2.19. The molecule has 4 heteroatoms. The van der Waals surface area contributed by atoms with Crippen molar-refractivity contribution in [2.24, 2.45) is 0 Å². The Morgan fingerprint density at radius 2 is 1.59 bits per heavy atom. The van der Waals surface area contributed by atoms with Crippen LogP contribution in [0.3, 0.4) is 0 Å². The standard InChI is InChI=1S/C25H22N2O2/c1-29-17-24(19-12-6-3-7-13-19)27-25(28)21-16-23(18-10-4-2-5-11-18)26-22-15-9-8-14-20(21)22/h2-16,24H,17H2,1H3,(H,27,28)/t24-/m0/s1. The van der Waals surface area contributed by atoms with Crippen molar-refractivity contribution in [3.63, 3.8) is 0 Å². The summed E-state index contributed by atoms with van der Waals surface area (Å²) in [5, 5.41) is 3.96. The van der Waals surface area contributed by atoms with Gasteiger partial charge in [-0.1, -0.05) is 78.9 Å². The van der Waals surface area contributed by atoms with Crippen molar-refractivity contribution in [1.82, 2.24) is 10.3 Å². The first-order chi connectivity index (χ1) is 14.3. The molecule has 1 aromatic heterocycles. The van der Waals surface area contributed by atoms with Crippen molar-refractivity contribution in [3.05, 3.63) is 102 Å². The number of fused-ring (bicyclic) bond motifs is 1. The number of para-hydroxylation sites is 1. The monoisotopic (exact) mass is 382 g/mol. The number of ether oxygens (including phenoxy) is 1. The quantitative estimate of drug-likeness (QED) is 0.509. The molecular weight excluding hydrogens is 360 g/mol. The fourth-order valence-electron chi connectivity index (χ4n) is 3.43. The van der Waals surface area contributed by atoms with Crippen LogP contribution in [0.2, 0.25) is 0 Å². The number of hydrogen-bond donors (Lipinski definition) is 1. The van der Waals surface area contributed by atoms with Gasteiger partial charge in [0.15, 0.2) is 0 Å². The van der Waals surface area contributed by atoms with Crippen LogP contribution in [0.15, 0.2) is 91.0 Å². The third-order valence-electron chi connectivity index (χ3n) is 4.87. The van der Waals surface area contributed by atoms with Crippen LogP contribution in [-0.4, -0.2) is 24.6 Å². The van der Waals surface area contributed by atoms with Crippen LogP contribution >= 0.6 is 0 Å². The molecule has 0 fully saturated rings. The molecule has 4 aromatic rings. The van der Waals surface area contributed by atoms with Crippen molar-refractivity contribution < 1.29 is 9.53 Å². The lowest BCUT2D eigenvalue weighted by Gasteiger charge is -2.19. The van der Waals surface area contributed by atoms with Gasteiger partial charge in [0.1, 0.15) is 0 Å². The molecule has 0 spiro atoms. The lowest BCUT2D eigenvalue weighted by atomic mass is 10.0. The topological polar surface area (TPSA) is 51.2 Å². The molecule has 0 saturated heterocycles. The zero-order chi connectivity index (χ0) is 20.1. The van der Waals surface area contributed by atoms with Gasteiger partial charge in [-0.15, -0.1) is 0 Å². The van der Waals surface area contributed by atoms with E-state index in [1.807, 2.05) is 91.0 Å². The SMILES string of the molecule is COC[C@H](NC(=O)c1cc(-c2ccccc2)nc2ccccc12)c1ccccc1. The van der Waals surface area contributed by atoms with E-state index in [9.17, 15) is 4.79 Å². The van der Waals surface area contributed by atoms with Crippen LogP contribution in [-0.2, 0) is 4.74 Å². The minimum Gasteiger partial charge on any atom is -0.382 e. The molecule has 0 aliphatic rings. The summed E-state index contributed by atoms with van der Waals surface area (Å²) < 4.78 is 5.35. The van der Waals surface area contributed by atoms with E-state index in [1.165, 1.54) is 0 Å². The lowest BCUT2D eigenvalue weighted by Crippen LogP contribution is -2.31. The van der Waals surface area contributed by atoms with Crippen LogP contribution in [0.5, 0.6) is 0 Å². The number of rotatable bonds is 6. The molecule has 4 rings (SSSR count).